The van der Waals surface area contributed by atoms with E-state index in [-0.39, 0.29) is 23.6 Å². The number of hydrogen-bond acceptors (Lipinski definition) is 4. The van der Waals surface area contributed by atoms with Crippen molar-refractivity contribution < 1.29 is 18.7 Å². The van der Waals surface area contributed by atoms with Gasteiger partial charge in [0.1, 0.15) is 17.0 Å². The molecule has 0 spiro atoms. The summed E-state index contributed by atoms with van der Waals surface area (Å²) in [6, 6.07) is 5.11. The fourth-order valence-electron chi connectivity index (χ4n) is 2.53. The smallest absolute Gasteiger partial charge is 0.338 e. The van der Waals surface area contributed by atoms with E-state index in [0.29, 0.717) is 11.3 Å². The number of aromatic amines is 1. The molecule has 2 N–H and O–H groups in total. The van der Waals surface area contributed by atoms with Gasteiger partial charge in [0, 0.05) is 5.92 Å². The lowest BCUT2D eigenvalue weighted by Crippen LogP contribution is -2.30. The highest BCUT2D eigenvalue weighted by atomic mass is 19.1. The van der Waals surface area contributed by atoms with E-state index >= 15 is 0 Å². The summed E-state index contributed by atoms with van der Waals surface area (Å²) in [5.74, 6) is -1.71. The van der Waals surface area contributed by atoms with Gasteiger partial charge in [0.25, 0.3) is 5.56 Å². The molecule has 0 unspecified atom stereocenters. The number of aromatic nitrogens is 2. The Balaban J connectivity index is 2.16. The molecule has 25 heavy (non-hydrogen) atoms. The molecular formula is C17H15FN2O5. The lowest BCUT2D eigenvalue weighted by atomic mass is 10.1. The quantitative estimate of drug-likeness (QED) is 0.754. The van der Waals surface area contributed by atoms with Crippen LogP contribution in [0.15, 0.2) is 38.3 Å². The number of halogens is 1. The van der Waals surface area contributed by atoms with Crippen molar-refractivity contribution in [3.8, 4) is 0 Å². The summed E-state index contributed by atoms with van der Waals surface area (Å²) >= 11 is 0. The van der Waals surface area contributed by atoms with Gasteiger partial charge in [0.05, 0.1) is 12.1 Å². The van der Waals surface area contributed by atoms with E-state index in [9.17, 15) is 18.8 Å². The Morgan fingerprint density at radius 2 is 2.04 bits per heavy atom. The number of hydrogen-bond donors (Lipinski definition) is 2. The average Bonchev–Trinajstić information content (AvgIpc) is 2.98. The Kier molecular flexibility index (Phi) is 4.03. The molecule has 0 bridgehead atoms. The molecule has 0 atom stereocenters. The predicted molar refractivity (Wildman–Crippen MR) is 87.6 cm³/mol. The normalized spacial score (nSPS) is 11.4. The van der Waals surface area contributed by atoms with Gasteiger partial charge >= 0.3 is 11.7 Å². The molecule has 2 aromatic heterocycles. The van der Waals surface area contributed by atoms with Crippen molar-refractivity contribution in [2.24, 2.45) is 0 Å². The topological polar surface area (TPSA) is 105 Å². The zero-order valence-corrected chi connectivity index (χ0v) is 13.5. The van der Waals surface area contributed by atoms with Crippen molar-refractivity contribution in [2.45, 2.75) is 26.3 Å². The summed E-state index contributed by atoms with van der Waals surface area (Å²) in [6.45, 7) is 3.69. The van der Waals surface area contributed by atoms with E-state index in [1.165, 1.54) is 10.6 Å². The van der Waals surface area contributed by atoms with Crippen molar-refractivity contribution in [3.05, 3.63) is 67.8 Å². The second-order valence-corrected chi connectivity index (χ2v) is 5.99. The maximum atomic E-state index is 13.5. The number of carboxylic acid groups (broad SMARTS) is 1. The minimum Gasteiger partial charge on any atom is -0.478 e. The predicted octanol–water partition coefficient (Wildman–Crippen LogP) is 2.29. The number of aromatic carboxylic acids is 1. The molecule has 0 saturated heterocycles. The molecule has 0 aliphatic rings. The molecule has 0 radical (unpaired) electrons. The number of carbonyl (C=O) groups is 1. The molecule has 3 rings (SSSR count). The van der Waals surface area contributed by atoms with Crippen LogP contribution in [0.2, 0.25) is 0 Å². The molecule has 130 valence electrons. The number of H-pyrrole nitrogens is 1. The van der Waals surface area contributed by atoms with Crippen LogP contribution >= 0.6 is 0 Å². The van der Waals surface area contributed by atoms with E-state index in [0.717, 1.165) is 12.1 Å². The monoisotopic (exact) mass is 346 g/mol. The number of nitrogens with one attached hydrogen (secondary N) is 1. The first-order valence-corrected chi connectivity index (χ1v) is 7.56. The molecule has 2 heterocycles. The number of nitrogens with zero attached hydrogens (tertiary/aromatic N) is 1. The standard InChI is InChI=1S/C17H15FN2O5/c1-8(2)13-6-11-14(21)19-17(24)20(15(11)25-13)7-9-3-4-12(18)10(5-9)16(22)23/h3-6,8H,7H2,1-2H3,(H,22,23)(H,19,21,24). The molecule has 3 aromatic rings. The van der Waals surface area contributed by atoms with Crippen LogP contribution in [0.5, 0.6) is 0 Å². The van der Waals surface area contributed by atoms with Gasteiger partial charge in [-0.3, -0.25) is 14.3 Å². The van der Waals surface area contributed by atoms with Gasteiger partial charge in [0.2, 0.25) is 5.71 Å². The van der Waals surface area contributed by atoms with Gasteiger partial charge in [-0.2, -0.15) is 0 Å². The maximum Gasteiger partial charge on any atom is 0.338 e. The first-order valence-electron chi connectivity index (χ1n) is 7.56. The second-order valence-electron chi connectivity index (χ2n) is 5.99. The van der Waals surface area contributed by atoms with E-state index in [1.807, 2.05) is 13.8 Å². The maximum absolute atomic E-state index is 13.5. The van der Waals surface area contributed by atoms with Crippen LogP contribution in [0.3, 0.4) is 0 Å². The molecule has 0 aliphatic heterocycles. The van der Waals surface area contributed by atoms with Crippen LogP contribution in [0.4, 0.5) is 4.39 Å². The number of fused-ring (bicyclic) bond motifs is 1. The van der Waals surface area contributed by atoms with E-state index in [4.69, 9.17) is 9.52 Å². The number of furan rings is 1. The van der Waals surface area contributed by atoms with Crippen molar-refractivity contribution in [1.82, 2.24) is 9.55 Å². The van der Waals surface area contributed by atoms with Gasteiger partial charge in [-0.05, 0) is 23.8 Å². The van der Waals surface area contributed by atoms with Gasteiger partial charge in [-0.15, -0.1) is 0 Å². The van der Waals surface area contributed by atoms with E-state index < -0.39 is 28.6 Å². The van der Waals surface area contributed by atoms with E-state index in [2.05, 4.69) is 4.98 Å². The number of rotatable bonds is 4. The summed E-state index contributed by atoms with van der Waals surface area (Å²) in [5.41, 5.74) is -1.26. The second kappa shape index (κ2) is 6.04. The zero-order valence-electron chi connectivity index (χ0n) is 13.5. The third-order valence-electron chi connectivity index (χ3n) is 3.86. The molecule has 8 heteroatoms. The van der Waals surface area contributed by atoms with Gasteiger partial charge in [0.15, 0.2) is 0 Å². The lowest BCUT2D eigenvalue weighted by Gasteiger charge is -2.07. The zero-order chi connectivity index (χ0) is 18.3. The van der Waals surface area contributed by atoms with Gasteiger partial charge in [-0.25, -0.2) is 14.0 Å². The molecule has 7 nitrogen and oxygen atoms in total. The van der Waals surface area contributed by atoms with Crippen LogP contribution in [-0.4, -0.2) is 20.6 Å². The summed E-state index contributed by atoms with van der Waals surface area (Å²) in [7, 11) is 0. The Hall–Kier alpha value is -3.16. The number of benzene rings is 1. The highest BCUT2D eigenvalue weighted by Gasteiger charge is 2.17. The van der Waals surface area contributed by atoms with E-state index in [1.54, 1.807) is 6.07 Å². The molecule has 1 aromatic carbocycles. The van der Waals surface area contributed by atoms with Crippen LogP contribution in [0.25, 0.3) is 11.1 Å². The SMILES string of the molecule is CC(C)c1cc2c(=O)[nH]c(=O)n(Cc3ccc(F)c(C(=O)O)c3)c2o1. The highest BCUT2D eigenvalue weighted by Crippen LogP contribution is 2.22. The first kappa shape index (κ1) is 16.7. The summed E-state index contributed by atoms with van der Waals surface area (Å²) in [4.78, 5) is 37.4. The minimum absolute atomic E-state index is 0.0137. The lowest BCUT2D eigenvalue weighted by molar-refractivity contribution is 0.0691. The molecule has 0 aliphatic carbocycles. The summed E-state index contributed by atoms with van der Waals surface area (Å²) in [6.07, 6.45) is 0. The minimum atomic E-state index is -1.40. The Morgan fingerprint density at radius 1 is 1.32 bits per heavy atom. The molecule has 0 fully saturated rings. The largest absolute Gasteiger partial charge is 0.478 e. The van der Waals surface area contributed by atoms with Gasteiger partial charge < -0.3 is 9.52 Å². The van der Waals surface area contributed by atoms with Crippen molar-refractivity contribution >= 4 is 17.1 Å². The summed E-state index contributed by atoms with van der Waals surface area (Å²) in [5, 5.41) is 9.23. The first-order chi connectivity index (χ1) is 11.8. The third-order valence-corrected chi connectivity index (χ3v) is 3.86. The van der Waals surface area contributed by atoms with Crippen molar-refractivity contribution in [3.63, 3.8) is 0 Å². The fraction of sp³-hybridized carbons (Fsp3) is 0.235. The molecular weight excluding hydrogens is 331 g/mol. The van der Waals surface area contributed by atoms with Crippen molar-refractivity contribution in [2.75, 3.05) is 0 Å². The van der Waals surface area contributed by atoms with Gasteiger partial charge in [-0.1, -0.05) is 19.9 Å². The fourth-order valence-corrected chi connectivity index (χ4v) is 2.53. The third kappa shape index (κ3) is 2.98. The highest BCUT2D eigenvalue weighted by molar-refractivity contribution is 5.88. The number of carboxylic acids is 1. The Morgan fingerprint density at radius 3 is 2.68 bits per heavy atom. The molecule has 0 amide bonds. The van der Waals surface area contributed by atoms with Crippen LogP contribution < -0.4 is 11.2 Å². The Bertz CT molecular complexity index is 1090. The van der Waals surface area contributed by atoms with Crippen LogP contribution in [-0.2, 0) is 6.54 Å². The van der Waals surface area contributed by atoms with Crippen LogP contribution in [0.1, 0.15) is 41.4 Å². The Labute approximate surface area is 140 Å². The molecule has 0 saturated carbocycles. The van der Waals surface area contributed by atoms with Crippen molar-refractivity contribution in [1.29, 1.82) is 0 Å². The van der Waals surface area contributed by atoms with Crippen LogP contribution in [0, 0.1) is 5.82 Å². The average molecular weight is 346 g/mol. The summed E-state index contributed by atoms with van der Waals surface area (Å²) < 4.78 is 20.4.